The molecule has 3 N–H and O–H groups in total. The first-order valence-corrected chi connectivity index (χ1v) is 8.79. The highest BCUT2D eigenvalue weighted by Gasteiger charge is 2.30. The number of hydrogen-bond donors (Lipinski definition) is 3. The largest absolute Gasteiger partial charge is 0.506 e. The molecule has 8 nitrogen and oxygen atoms in total. The maximum atomic E-state index is 11.9. The molecule has 0 spiro atoms. The number of aromatic hydroxyl groups is 1. The van der Waals surface area contributed by atoms with E-state index in [2.05, 4.69) is 18.9 Å². The number of aliphatic hydroxyl groups is 1. The van der Waals surface area contributed by atoms with Crippen LogP contribution in [0.25, 0.3) is 11.1 Å². The molecule has 0 radical (unpaired) electrons. The van der Waals surface area contributed by atoms with Gasteiger partial charge in [0.1, 0.15) is 11.4 Å². The molecule has 0 saturated carbocycles. The summed E-state index contributed by atoms with van der Waals surface area (Å²) in [5.41, 5.74) is 1.58. The summed E-state index contributed by atoms with van der Waals surface area (Å²) in [6.45, 7) is 4.97. The molecule has 9 heteroatoms. The van der Waals surface area contributed by atoms with Gasteiger partial charge in [-0.3, -0.25) is 4.68 Å². The molecule has 1 aliphatic heterocycles. The van der Waals surface area contributed by atoms with Crippen molar-refractivity contribution >= 4 is 15.9 Å². The lowest BCUT2D eigenvalue weighted by atomic mass is 10.1. The summed E-state index contributed by atoms with van der Waals surface area (Å²) in [4.78, 5) is 0. The number of rotatable bonds is 4. The van der Waals surface area contributed by atoms with Crippen molar-refractivity contribution in [2.75, 3.05) is 4.31 Å². The number of benzene rings is 1. The number of phenolic OH excluding ortho intramolecular Hbond substituents is 1. The zero-order valence-corrected chi connectivity index (χ0v) is 14.0. The Kier molecular flexibility index (Phi) is 3.88. The monoisotopic (exact) mass is 350 g/mol. The number of phenols is 1. The van der Waals surface area contributed by atoms with Gasteiger partial charge in [-0.2, -0.15) is 13.5 Å². The standard InChI is InChI=1S/C15H18N4O4S/c1-10(2)7-18-8-12(6-16-18)11-3-4-13(14(20)5-11)19-9-15(21)17-24(19,22)23/h3-6,8-10,17,20-21H,7H2,1-2H3. The number of aliphatic hydroxyl groups excluding tert-OH is 1. The van der Waals surface area contributed by atoms with E-state index in [1.807, 2.05) is 15.6 Å². The Bertz CT molecular complexity index is 902. The molecular weight excluding hydrogens is 332 g/mol. The number of aromatic nitrogens is 2. The zero-order chi connectivity index (χ0) is 17.5. The molecule has 2 heterocycles. The highest BCUT2D eigenvalue weighted by Crippen LogP contribution is 2.35. The van der Waals surface area contributed by atoms with Gasteiger partial charge in [0.25, 0.3) is 0 Å². The van der Waals surface area contributed by atoms with Gasteiger partial charge in [-0.25, -0.2) is 9.03 Å². The molecular formula is C15H18N4O4S. The van der Waals surface area contributed by atoms with Crippen molar-refractivity contribution in [3.8, 4) is 16.9 Å². The third kappa shape index (κ3) is 3.02. The van der Waals surface area contributed by atoms with Gasteiger partial charge in [0.15, 0.2) is 0 Å². The van der Waals surface area contributed by atoms with Gasteiger partial charge < -0.3 is 10.2 Å². The van der Waals surface area contributed by atoms with Crippen molar-refractivity contribution < 1.29 is 18.6 Å². The fraction of sp³-hybridized carbons (Fsp3) is 0.267. The van der Waals surface area contributed by atoms with E-state index in [9.17, 15) is 18.6 Å². The fourth-order valence-electron chi connectivity index (χ4n) is 2.46. The summed E-state index contributed by atoms with van der Waals surface area (Å²) >= 11 is 0. The molecule has 1 aromatic carbocycles. The number of nitrogens with zero attached hydrogens (tertiary/aromatic N) is 3. The van der Waals surface area contributed by atoms with Gasteiger partial charge in [-0.15, -0.1) is 0 Å². The first-order chi connectivity index (χ1) is 11.3. The smallest absolute Gasteiger partial charge is 0.330 e. The van der Waals surface area contributed by atoms with Gasteiger partial charge in [0.05, 0.1) is 12.4 Å². The van der Waals surface area contributed by atoms with Crippen LogP contribution < -0.4 is 9.03 Å². The van der Waals surface area contributed by atoms with Crippen LogP contribution in [0.3, 0.4) is 0 Å². The van der Waals surface area contributed by atoms with Crippen LogP contribution in [0.1, 0.15) is 13.8 Å². The average molecular weight is 350 g/mol. The Morgan fingerprint density at radius 2 is 2.00 bits per heavy atom. The van der Waals surface area contributed by atoms with Crippen LogP contribution in [0.4, 0.5) is 5.69 Å². The molecule has 0 aliphatic carbocycles. The minimum Gasteiger partial charge on any atom is -0.506 e. The number of hydrogen-bond acceptors (Lipinski definition) is 5. The van der Waals surface area contributed by atoms with E-state index in [0.717, 1.165) is 22.6 Å². The molecule has 0 saturated heterocycles. The molecule has 0 unspecified atom stereocenters. The second-order valence-corrected chi connectivity index (χ2v) is 7.51. The zero-order valence-electron chi connectivity index (χ0n) is 13.2. The predicted molar refractivity (Wildman–Crippen MR) is 89.4 cm³/mol. The van der Waals surface area contributed by atoms with E-state index in [1.165, 1.54) is 12.1 Å². The van der Waals surface area contributed by atoms with Crippen molar-refractivity contribution in [3.63, 3.8) is 0 Å². The lowest BCUT2D eigenvalue weighted by molar-refractivity contribution is 0.392. The van der Waals surface area contributed by atoms with Crippen LogP contribution in [0.15, 0.2) is 42.7 Å². The van der Waals surface area contributed by atoms with E-state index in [1.54, 1.807) is 12.3 Å². The lowest BCUT2D eigenvalue weighted by Crippen LogP contribution is -2.29. The average Bonchev–Trinajstić information content (AvgIpc) is 3.02. The summed E-state index contributed by atoms with van der Waals surface area (Å²) in [7, 11) is -3.93. The van der Waals surface area contributed by atoms with Crippen molar-refractivity contribution in [2.24, 2.45) is 5.92 Å². The summed E-state index contributed by atoms with van der Waals surface area (Å²) in [6.07, 6.45) is 4.55. The van der Waals surface area contributed by atoms with Crippen LogP contribution in [-0.2, 0) is 16.8 Å². The van der Waals surface area contributed by atoms with Crippen LogP contribution >= 0.6 is 0 Å². The molecule has 0 atom stereocenters. The minimum atomic E-state index is -3.93. The van der Waals surface area contributed by atoms with E-state index in [0.29, 0.717) is 11.5 Å². The molecule has 0 amide bonds. The quantitative estimate of drug-likeness (QED) is 0.781. The normalized spacial score (nSPS) is 16.3. The molecule has 0 fully saturated rings. The Morgan fingerprint density at radius 3 is 2.58 bits per heavy atom. The number of nitrogens with one attached hydrogen (secondary N) is 1. The first kappa shape index (κ1) is 16.2. The van der Waals surface area contributed by atoms with E-state index in [4.69, 9.17) is 0 Å². The Morgan fingerprint density at radius 1 is 1.25 bits per heavy atom. The van der Waals surface area contributed by atoms with Crippen LogP contribution in [0.5, 0.6) is 5.75 Å². The summed E-state index contributed by atoms with van der Waals surface area (Å²) in [5, 5.41) is 23.8. The second-order valence-electron chi connectivity index (χ2n) is 5.97. The maximum absolute atomic E-state index is 11.9. The summed E-state index contributed by atoms with van der Waals surface area (Å²) in [6, 6.07) is 4.62. The van der Waals surface area contributed by atoms with Gasteiger partial charge >= 0.3 is 10.2 Å². The van der Waals surface area contributed by atoms with Crippen molar-refractivity contribution in [1.29, 1.82) is 0 Å². The third-order valence-electron chi connectivity index (χ3n) is 3.46. The molecule has 3 rings (SSSR count). The van der Waals surface area contributed by atoms with Gasteiger partial charge in [-0.05, 0) is 23.6 Å². The molecule has 1 aliphatic rings. The first-order valence-electron chi connectivity index (χ1n) is 7.35. The van der Waals surface area contributed by atoms with Gasteiger partial charge in [0.2, 0.25) is 5.88 Å². The van der Waals surface area contributed by atoms with Crippen molar-refractivity contribution in [2.45, 2.75) is 20.4 Å². The summed E-state index contributed by atoms with van der Waals surface area (Å²) < 4.78 is 28.3. The molecule has 0 bridgehead atoms. The summed E-state index contributed by atoms with van der Waals surface area (Å²) in [5.74, 6) is -0.269. The lowest BCUT2D eigenvalue weighted by Gasteiger charge is -2.15. The Labute approximate surface area is 139 Å². The van der Waals surface area contributed by atoms with Gasteiger partial charge in [0, 0.05) is 18.3 Å². The maximum Gasteiger partial charge on any atom is 0.330 e. The van der Waals surface area contributed by atoms with Crippen molar-refractivity contribution in [1.82, 2.24) is 14.5 Å². The van der Waals surface area contributed by atoms with Crippen LogP contribution in [0, 0.1) is 5.92 Å². The van der Waals surface area contributed by atoms with E-state index >= 15 is 0 Å². The molecule has 2 aromatic rings. The molecule has 1 aromatic heterocycles. The Balaban J connectivity index is 1.92. The third-order valence-corrected chi connectivity index (χ3v) is 4.75. The van der Waals surface area contributed by atoms with Gasteiger partial charge in [-0.1, -0.05) is 19.9 Å². The second kappa shape index (κ2) is 5.75. The highest BCUT2D eigenvalue weighted by atomic mass is 32.2. The SMILES string of the molecule is CC(C)Cn1cc(-c2ccc(N3C=C(O)NS3(=O)=O)c(O)c2)cn1. The fourth-order valence-corrected chi connectivity index (χ4v) is 3.53. The molecule has 24 heavy (non-hydrogen) atoms. The topological polar surface area (TPSA) is 108 Å². The minimum absolute atomic E-state index is 0.0462. The predicted octanol–water partition coefficient (Wildman–Crippen LogP) is 1.92. The van der Waals surface area contributed by atoms with Crippen molar-refractivity contribution in [3.05, 3.63) is 42.7 Å². The van der Waals surface area contributed by atoms with E-state index in [-0.39, 0.29) is 11.4 Å². The van der Waals surface area contributed by atoms with Crippen LogP contribution in [0.2, 0.25) is 0 Å². The van der Waals surface area contributed by atoms with E-state index < -0.39 is 16.1 Å². The highest BCUT2D eigenvalue weighted by molar-refractivity contribution is 7.91. The number of anilines is 1. The van der Waals surface area contributed by atoms with Crippen LogP contribution in [-0.4, -0.2) is 28.4 Å². The Hall–Kier alpha value is -2.68. The molecule has 128 valence electrons.